The Morgan fingerprint density at radius 2 is 1.67 bits per heavy atom. The molecule has 2 fully saturated rings. The number of unbranched alkanes of at least 4 members (excludes halogenated alkanes) is 2. The van der Waals surface area contributed by atoms with Crippen LogP contribution in [0.2, 0.25) is 0 Å². The van der Waals surface area contributed by atoms with Gasteiger partial charge in [-0.1, -0.05) is 69.6 Å². The lowest BCUT2D eigenvalue weighted by atomic mass is 9.85. The van der Waals surface area contributed by atoms with Crippen molar-refractivity contribution in [1.82, 2.24) is 20.4 Å². The summed E-state index contributed by atoms with van der Waals surface area (Å²) in [4.78, 5) is 79.6. The lowest BCUT2D eigenvalue weighted by Gasteiger charge is -2.31. The first kappa shape index (κ1) is 40.4. The summed E-state index contributed by atoms with van der Waals surface area (Å²) < 4.78 is 19.4. The fraction of sp³-hybridized carbons (Fsp3) is 0.561. The average Bonchev–Trinajstić information content (AvgIpc) is 3.63. The van der Waals surface area contributed by atoms with Crippen LogP contribution < -0.4 is 16.0 Å². The van der Waals surface area contributed by atoms with E-state index in [0.29, 0.717) is 42.6 Å². The van der Waals surface area contributed by atoms with Gasteiger partial charge in [-0.2, -0.15) is 0 Å². The van der Waals surface area contributed by atoms with Crippen molar-refractivity contribution in [2.45, 2.75) is 122 Å². The number of hydrogen-bond donors (Lipinski definition) is 3. The van der Waals surface area contributed by atoms with Gasteiger partial charge in [-0.25, -0.2) is 14.1 Å². The summed E-state index contributed by atoms with van der Waals surface area (Å²) in [5.74, 6) is -1.26. The first-order chi connectivity index (χ1) is 25.9. The molecule has 6 amide bonds. The first-order valence-corrected chi connectivity index (χ1v) is 19.5. The van der Waals surface area contributed by atoms with Gasteiger partial charge >= 0.3 is 6.09 Å². The highest BCUT2D eigenvalue weighted by molar-refractivity contribution is 6.06. The molecule has 292 valence electrons. The van der Waals surface area contributed by atoms with Gasteiger partial charge < -0.3 is 25.6 Å². The molecule has 12 nitrogen and oxygen atoms in total. The highest BCUT2D eigenvalue weighted by Crippen LogP contribution is 2.46. The molecule has 0 unspecified atom stereocenters. The zero-order valence-electron chi connectivity index (χ0n) is 31.6. The van der Waals surface area contributed by atoms with Crippen LogP contribution in [-0.2, 0) is 47.3 Å². The molecule has 1 heterocycles. The van der Waals surface area contributed by atoms with Crippen molar-refractivity contribution in [1.29, 1.82) is 0 Å². The number of amides is 6. The Bertz CT molecular complexity index is 1680. The van der Waals surface area contributed by atoms with Crippen molar-refractivity contribution in [3.05, 3.63) is 65.0 Å². The van der Waals surface area contributed by atoms with E-state index in [0.717, 1.165) is 29.2 Å². The number of carbonyl (C=O) groups excluding carboxylic acids is 6. The molecule has 2 aliphatic carbocycles. The van der Waals surface area contributed by atoms with Gasteiger partial charge in [0.15, 0.2) is 0 Å². The van der Waals surface area contributed by atoms with Crippen LogP contribution >= 0.6 is 0 Å². The minimum Gasteiger partial charge on any atom is -0.427 e. The summed E-state index contributed by atoms with van der Waals surface area (Å²) >= 11 is 0. The van der Waals surface area contributed by atoms with Gasteiger partial charge in [-0.3, -0.25) is 24.0 Å². The Kier molecular flexibility index (Phi) is 14.2. The second-order valence-corrected chi connectivity index (χ2v) is 15.0. The molecule has 1 saturated carbocycles. The molecule has 54 heavy (non-hydrogen) atoms. The molecule has 3 aliphatic rings. The van der Waals surface area contributed by atoms with E-state index < -0.39 is 41.9 Å². The summed E-state index contributed by atoms with van der Waals surface area (Å²) in [6.07, 6.45) is 12.0. The minimum absolute atomic E-state index is 0.00354. The third kappa shape index (κ3) is 10.7. The second-order valence-electron chi connectivity index (χ2n) is 15.0. The van der Waals surface area contributed by atoms with Crippen molar-refractivity contribution >= 4 is 41.3 Å². The number of aryl methyl sites for hydroxylation is 1. The van der Waals surface area contributed by atoms with E-state index in [-0.39, 0.29) is 43.7 Å². The molecule has 1 spiro atoms. The van der Waals surface area contributed by atoms with Crippen LogP contribution in [0.1, 0.15) is 114 Å². The zero-order chi connectivity index (χ0) is 38.7. The summed E-state index contributed by atoms with van der Waals surface area (Å²) in [5.41, 5.74) is 0.900. The predicted molar refractivity (Wildman–Crippen MR) is 200 cm³/mol. The van der Waals surface area contributed by atoms with Gasteiger partial charge in [-0.15, -0.1) is 0 Å². The van der Waals surface area contributed by atoms with Crippen molar-refractivity contribution in [3.8, 4) is 0 Å². The number of rotatable bonds is 18. The van der Waals surface area contributed by atoms with Crippen molar-refractivity contribution in [3.63, 3.8) is 0 Å². The van der Waals surface area contributed by atoms with Crippen LogP contribution in [0.3, 0.4) is 0 Å². The molecule has 5 rings (SSSR count). The number of nitrogens with one attached hydrogen (secondary N) is 3. The normalized spacial score (nSPS) is 18.6. The lowest BCUT2D eigenvalue weighted by molar-refractivity contribution is -0.143. The smallest absolute Gasteiger partial charge is 0.418 e. The van der Waals surface area contributed by atoms with Gasteiger partial charge in [0.2, 0.25) is 29.2 Å². The number of nitrogens with zero attached hydrogens (tertiary/aromatic N) is 2. The van der Waals surface area contributed by atoms with Gasteiger partial charge in [0.25, 0.3) is 5.91 Å². The summed E-state index contributed by atoms with van der Waals surface area (Å²) in [5, 5.41) is 8.46. The maximum Gasteiger partial charge on any atom is 0.418 e. The largest absolute Gasteiger partial charge is 0.427 e. The van der Waals surface area contributed by atoms with Crippen LogP contribution in [0, 0.1) is 11.7 Å². The van der Waals surface area contributed by atoms with E-state index in [4.69, 9.17) is 4.74 Å². The third-order valence-electron chi connectivity index (χ3n) is 10.8. The van der Waals surface area contributed by atoms with E-state index in [2.05, 4.69) is 16.0 Å². The van der Waals surface area contributed by atoms with E-state index in [1.807, 2.05) is 0 Å². The number of carbonyl (C=O) groups is 6. The average molecular weight is 748 g/mol. The van der Waals surface area contributed by atoms with Gasteiger partial charge in [0, 0.05) is 63.1 Å². The maximum absolute atomic E-state index is 13.9. The van der Waals surface area contributed by atoms with Gasteiger partial charge in [0.05, 0.1) is 0 Å². The van der Waals surface area contributed by atoms with Gasteiger partial charge in [0.1, 0.15) is 12.4 Å². The van der Waals surface area contributed by atoms with Crippen molar-refractivity contribution < 1.29 is 37.9 Å². The van der Waals surface area contributed by atoms with Crippen LogP contribution in [0.25, 0.3) is 0 Å². The summed E-state index contributed by atoms with van der Waals surface area (Å²) in [6, 6.07) is 10.1. The van der Waals surface area contributed by atoms with Crippen LogP contribution in [0.15, 0.2) is 42.5 Å². The second kappa shape index (κ2) is 19.0. The molecule has 0 radical (unpaired) electrons. The quantitative estimate of drug-likeness (QED) is 0.161. The van der Waals surface area contributed by atoms with Crippen LogP contribution in [0.5, 0.6) is 0 Å². The zero-order valence-corrected chi connectivity index (χ0v) is 31.6. The Hall–Kier alpha value is -4.81. The topological polar surface area (TPSA) is 154 Å². The molecule has 2 aromatic carbocycles. The van der Waals surface area contributed by atoms with Gasteiger partial charge in [-0.05, 0) is 67.5 Å². The Labute approximate surface area is 316 Å². The summed E-state index contributed by atoms with van der Waals surface area (Å²) in [7, 11) is 0. The molecule has 1 saturated heterocycles. The van der Waals surface area contributed by atoms with Crippen LogP contribution in [-0.4, -0.2) is 71.1 Å². The SMILES string of the molecule is CC(=O)Nc1ccc2c(c1)CC[C@@]21OC(=O)N(CC(=O)N(Cc2ccc(F)cc2)[C@@H](C)CNC(=O)CCCNC(=O)CCCCCC2CCCCC2)C1=O. The van der Waals surface area contributed by atoms with E-state index in [9.17, 15) is 33.2 Å². The van der Waals surface area contributed by atoms with Crippen molar-refractivity contribution in [2.75, 3.05) is 25.0 Å². The Balaban J connectivity index is 1.10. The number of imide groups is 1. The van der Waals surface area contributed by atoms with Crippen molar-refractivity contribution in [2.24, 2.45) is 5.92 Å². The molecule has 0 bridgehead atoms. The number of fused-ring (bicyclic) bond motifs is 2. The number of benzene rings is 2. The highest BCUT2D eigenvalue weighted by Gasteiger charge is 2.58. The fourth-order valence-electron chi connectivity index (χ4n) is 7.83. The predicted octanol–water partition coefficient (Wildman–Crippen LogP) is 5.87. The minimum atomic E-state index is -1.56. The molecule has 3 N–H and O–H groups in total. The molecule has 2 aromatic rings. The molecule has 13 heteroatoms. The van der Waals surface area contributed by atoms with E-state index in [1.165, 1.54) is 68.9 Å². The number of halogens is 1. The fourth-order valence-corrected chi connectivity index (χ4v) is 7.83. The number of ether oxygens (including phenoxy) is 1. The maximum atomic E-state index is 13.9. The number of hydrogen-bond acceptors (Lipinski definition) is 7. The van der Waals surface area contributed by atoms with E-state index in [1.54, 1.807) is 37.3 Å². The Morgan fingerprint density at radius 1 is 0.944 bits per heavy atom. The molecule has 2 atom stereocenters. The molecule has 1 aliphatic heterocycles. The van der Waals surface area contributed by atoms with E-state index >= 15 is 0 Å². The third-order valence-corrected chi connectivity index (χ3v) is 10.8. The summed E-state index contributed by atoms with van der Waals surface area (Å²) in [6.45, 7) is 3.07. The molecular weight excluding hydrogens is 693 g/mol. The molecular formula is C41H54FN5O7. The first-order valence-electron chi connectivity index (χ1n) is 19.5. The highest BCUT2D eigenvalue weighted by atomic mass is 19.1. The lowest BCUT2D eigenvalue weighted by Crippen LogP contribution is -2.50. The monoisotopic (exact) mass is 747 g/mol. The standard InChI is InChI=1S/C41H54FN5O7/c1-28(25-44-37(50)14-9-23-43-36(49)13-8-4-7-12-30-10-5-3-6-11-30)46(26-31-15-17-33(42)18-16-31)38(51)27-47-39(52)41(54-40(47)53)22-21-32-24-34(45-29(2)48)19-20-35(32)41/h15-20,24,28,30H,3-14,21-23,25-27H2,1-2H3,(H,43,49)(H,44,50)(H,45,48)/t28-,41+/m0/s1. The Morgan fingerprint density at radius 3 is 2.41 bits per heavy atom. The van der Waals surface area contributed by atoms with Crippen LogP contribution in [0.4, 0.5) is 14.9 Å². The number of anilines is 1. The molecule has 0 aromatic heterocycles.